The summed E-state index contributed by atoms with van der Waals surface area (Å²) >= 11 is 0. The molecule has 27 heavy (non-hydrogen) atoms. The summed E-state index contributed by atoms with van der Waals surface area (Å²) in [5.41, 5.74) is 3.51. The van der Waals surface area contributed by atoms with E-state index in [0.717, 1.165) is 47.3 Å². The van der Waals surface area contributed by atoms with Gasteiger partial charge in [0.2, 0.25) is 0 Å². The summed E-state index contributed by atoms with van der Waals surface area (Å²) in [5, 5.41) is 0. The van der Waals surface area contributed by atoms with Crippen LogP contribution >= 0.6 is 0 Å². The average molecular weight is 365 g/mol. The predicted molar refractivity (Wildman–Crippen MR) is 115 cm³/mol. The van der Waals surface area contributed by atoms with Crippen LogP contribution in [0.2, 0.25) is 0 Å². The molecule has 0 saturated heterocycles. The zero-order chi connectivity index (χ0) is 18.4. The van der Waals surface area contributed by atoms with Gasteiger partial charge in [0.05, 0.1) is 0 Å². The van der Waals surface area contributed by atoms with Crippen LogP contribution in [0.1, 0.15) is 95.1 Å². The first-order valence-corrected chi connectivity index (χ1v) is 12.3. The van der Waals surface area contributed by atoms with Crippen LogP contribution in [-0.2, 0) is 6.42 Å². The van der Waals surface area contributed by atoms with Crippen molar-refractivity contribution in [1.82, 2.24) is 0 Å². The van der Waals surface area contributed by atoms with Crippen LogP contribution in [0, 0.1) is 41.4 Å². The Morgan fingerprint density at radius 1 is 0.704 bits per heavy atom. The fourth-order valence-corrected chi connectivity index (χ4v) is 8.41. The van der Waals surface area contributed by atoms with Gasteiger partial charge in [-0.25, -0.2) is 0 Å². The van der Waals surface area contributed by atoms with Gasteiger partial charge < -0.3 is 0 Å². The van der Waals surface area contributed by atoms with E-state index in [1.54, 1.807) is 11.1 Å². The summed E-state index contributed by atoms with van der Waals surface area (Å²) in [6.45, 7) is 5.11. The number of fused-ring (bicyclic) bond motifs is 2. The largest absolute Gasteiger partial charge is 0.0622 e. The fourth-order valence-electron chi connectivity index (χ4n) is 8.41. The lowest BCUT2D eigenvalue weighted by atomic mass is 9.72. The number of hydrogen-bond donors (Lipinski definition) is 0. The summed E-state index contributed by atoms with van der Waals surface area (Å²) in [6.07, 6.45) is 16.3. The molecule has 148 valence electrons. The maximum atomic E-state index is 2.56. The molecule has 0 nitrogen and oxygen atoms in total. The molecule has 4 aliphatic rings. The van der Waals surface area contributed by atoms with E-state index in [1.165, 1.54) is 70.6 Å². The van der Waals surface area contributed by atoms with E-state index in [9.17, 15) is 0 Å². The normalized spacial score (nSPS) is 44.1. The number of rotatable bonds is 3. The van der Waals surface area contributed by atoms with Gasteiger partial charge in [-0.1, -0.05) is 63.8 Å². The first kappa shape index (κ1) is 18.3. The summed E-state index contributed by atoms with van der Waals surface area (Å²) < 4.78 is 0. The van der Waals surface area contributed by atoms with Crippen LogP contribution in [0.4, 0.5) is 0 Å². The Labute approximate surface area is 167 Å². The van der Waals surface area contributed by atoms with Gasteiger partial charge in [-0.3, -0.25) is 0 Å². The lowest BCUT2D eigenvalue weighted by Crippen LogP contribution is -2.23. The van der Waals surface area contributed by atoms with Gasteiger partial charge in [0.1, 0.15) is 0 Å². The lowest BCUT2D eigenvalue weighted by molar-refractivity contribution is 0.206. The molecule has 0 spiro atoms. The van der Waals surface area contributed by atoms with E-state index in [0.29, 0.717) is 0 Å². The highest BCUT2D eigenvalue weighted by molar-refractivity contribution is 5.33. The van der Waals surface area contributed by atoms with Crippen LogP contribution < -0.4 is 0 Å². The van der Waals surface area contributed by atoms with E-state index in [2.05, 4.69) is 38.1 Å². The highest BCUT2D eigenvalue weighted by Gasteiger charge is 2.44. The van der Waals surface area contributed by atoms with Crippen molar-refractivity contribution in [3.8, 4) is 0 Å². The Kier molecular flexibility index (Phi) is 5.12. The minimum atomic E-state index is 0.863. The van der Waals surface area contributed by atoms with E-state index in [1.807, 2.05) is 0 Å². The smallest absolute Gasteiger partial charge is 0.0126 e. The molecule has 0 radical (unpaired) electrons. The molecule has 4 aliphatic carbocycles. The molecule has 0 amide bonds. The molecule has 0 N–H and O–H groups in total. The molecular formula is C27H40. The average Bonchev–Trinajstić information content (AvgIpc) is 3.20. The second kappa shape index (κ2) is 7.57. The van der Waals surface area contributed by atoms with Crippen molar-refractivity contribution in [1.29, 1.82) is 0 Å². The van der Waals surface area contributed by atoms with Crippen LogP contribution in [-0.4, -0.2) is 0 Å². The third kappa shape index (κ3) is 3.30. The van der Waals surface area contributed by atoms with E-state index in [-0.39, 0.29) is 0 Å². The summed E-state index contributed by atoms with van der Waals surface area (Å²) in [6, 6.07) is 9.70. The second-order valence-electron chi connectivity index (χ2n) is 10.9. The van der Waals surface area contributed by atoms with Gasteiger partial charge in [-0.2, -0.15) is 0 Å². The van der Waals surface area contributed by atoms with Gasteiger partial charge in [0.25, 0.3) is 0 Å². The molecule has 4 saturated carbocycles. The summed E-state index contributed by atoms with van der Waals surface area (Å²) in [7, 11) is 0. The summed E-state index contributed by atoms with van der Waals surface area (Å²) in [5.74, 6) is 7.84. The van der Waals surface area contributed by atoms with E-state index < -0.39 is 0 Å². The molecule has 0 bridgehead atoms. The Morgan fingerprint density at radius 2 is 1.30 bits per heavy atom. The van der Waals surface area contributed by atoms with Crippen molar-refractivity contribution in [3.05, 3.63) is 35.4 Å². The minimum Gasteiger partial charge on any atom is -0.0622 e. The molecule has 1 aromatic rings. The minimum absolute atomic E-state index is 0.863. The SMILES string of the molecule is CC1CC(Cc2ccccc2C2CC(C)C3CCCCC23)C2CCCCC12. The Hall–Kier alpha value is -0.780. The van der Waals surface area contributed by atoms with Crippen LogP contribution in [0.3, 0.4) is 0 Å². The maximum Gasteiger partial charge on any atom is -0.0126 e. The topological polar surface area (TPSA) is 0 Å². The lowest BCUT2D eigenvalue weighted by Gasteiger charge is -2.33. The Bertz CT molecular complexity index is 645. The molecule has 0 heteroatoms. The molecule has 0 heterocycles. The van der Waals surface area contributed by atoms with Crippen molar-refractivity contribution in [2.75, 3.05) is 0 Å². The fraction of sp³-hybridized carbons (Fsp3) is 0.778. The Balaban J connectivity index is 1.39. The van der Waals surface area contributed by atoms with Crippen LogP contribution in [0.25, 0.3) is 0 Å². The van der Waals surface area contributed by atoms with E-state index >= 15 is 0 Å². The monoisotopic (exact) mass is 364 g/mol. The first-order chi connectivity index (χ1) is 13.2. The zero-order valence-electron chi connectivity index (χ0n) is 17.7. The predicted octanol–water partition coefficient (Wildman–Crippen LogP) is 7.62. The summed E-state index contributed by atoms with van der Waals surface area (Å²) in [4.78, 5) is 0. The van der Waals surface area contributed by atoms with Crippen LogP contribution in [0.5, 0.6) is 0 Å². The molecule has 0 aromatic heterocycles. The highest BCUT2D eigenvalue weighted by atomic mass is 14.5. The molecule has 1 aromatic carbocycles. The van der Waals surface area contributed by atoms with Crippen molar-refractivity contribution in [2.45, 2.75) is 90.4 Å². The van der Waals surface area contributed by atoms with Crippen molar-refractivity contribution in [3.63, 3.8) is 0 Å². The molecule has 8 unspecified atom stereocenters. The third-order valence-electron chi connectivity index (χ3n) is 9.57. The van der Waals surface area contributed by atoms with Gasteiger partial charge in [-0.05, 0) is 103 Å². The quantitative estimate of drug-likeness (QED) is 0.517. The Morgan fingerprint density at radius 3 is 2.07 bits per heavy atom. The van der Waals surface area contributed by atoms with E-state index in [4.69, 9.17) is 0 Å². The molecule has 8 atom stereocenters. The number of hydrogen-bond acceptors (Lipinski definition) is 0. The zero-order valence-corrected chi connectivity index (χ0v) is 17.7. The number of benzene rings is 1. The van der Waals surface area contributed by atoms with Gasteiger partial charge in [-0.15, -0.1) is 0 Å². The standard InChI is InChI=1S/C27H40/c1-18-15-21(25-13-7-5-10-22(18)25)17-20-9-3-4-12-24(20)27-16-19(2)23-11-6-8-14-26(23)27/h3-4,9,12,18-19,21-23,25-27H,5-8,10-11,13-17H2,1-2H3. The van der Waals surface area contributed by atoms with Gasteiger partial charge >= 0.3 is 0 Å². The third-order valence-corrected chi connectivity index (χ3v) is 9.57. The highest BCUT2D eigenvalue weighted by Crippen LogP contribution is 2.55. The van der Waals surface area contributed by atoms with Crippen LogP contribution in [0.15, 0.2) is 24.3 Å². The molecule has 4 fully saturated rings. The van der Waals surface area contributed by atoms with Crippen molar-refractivity contribution < 1.29 is 0 Å². The second-order valence-corrected chi connectivity index (χ2v) is 10.9. The molecule has 5 rings (SSSR count). The molecule has 0 aliphatic heterocycles. The maximum absolute atomic E-state index is 2.56. The van der Waals surface area contributed by atoms with Gasteiger partial charge in [0.15, 0.2) is 0 Å². The van der Waals surface area contributed by atoms with Gasteiger partial charge in [0, 0.05) is 0 Å². The van der Waals surface area contributed by atoms with Crippen molar-refractivity contribution in [2.24, 2.45) is 41.4 Å². The van der Waals surface area contributed by atoms with Crippen molar-refractivity contribution >= 4 is 0 Å². The molecular weight excluding hydrogens is 324 g/mol. The first-order valence-electron chi connectivity index (χ1n) is 12.3.